The first-order valence-corrected chi connectivity index (χ1v) is 10.1. The molecule has 2 fully saturated rings. The van der Waals surface area contributed by atoms with Gasteiger partial charge in [0.05, 0.1) is 18.8 Å². The van der Waals surface area contributed by atoms with Crippen LogP contribution < -0.4 is 5.56 Å². The van der Waals surface area contributed by atoms with Crippen molar-refractivity contribution in [2.24, 2.45) is 0 Å². The van der Waals surface area contributed by atoms with Crippen molar-refractivity contribution < 1.29 is 9.53 Å². The van der Waals surface area contributed by atoms with Gasteiger partial charge >= 0.3 is 0 Å². The Morgan fingerprint density at radius 2 is 2.22 bits per heavy atom. The van der Waals surface area contributed by atoms with Crippen molar-refractivity contribution in [1.82, 2.24) is 19.8 Å². The Balaban J connectivity index is 1.52. The first-order chi connectivity index (χ1) is 13.0. The fourth-order valence-corrected chi connectivity index (χ4v) is 4.62. The second-order valence-corrected chi connectivity index (χ2v) is 8.48. The number of hydrogen-bond donors (Lipinski definition) is 1. The van der Waals surface area contributed by atoms with Crippen molar-refractivity contribution in [1.29, 1.82) is 0 Å². The maximum atomic E-state index is 12.8. The third-order valence-corrected chi connectivity index (χ3v) is 6.37. The quantitative estimate of drug-likeness (QED) is 0.805. The molecule has 4 rings (SSSR count). The standard InChI is InChI=1S/C20H30N4O3/c1-23(10-11-27-2)12-16(25)24-9-3-7-20(13-24)8-6-15-17(20)21-18(14-4-5-14)22-19(15)26/h14H,3-13H2,1-2H3,(H,21,22,26). The van der Waals surface area contributed by atoms with Gasteiger partial charge in [-0.1, -0.05) is 0 Å². The Morgan fingerprint density at radius 3 is 2.96 bits per heavy atom. The van der Waals surface area contributed by atoms with Gasteiger partial charge in [-0.3, -0.25) is 14.5 Å². The van der Waals surface area contributed by atoms with E-state index in [1.165, 1.54) is 0 Å². The molecule has 1 aliphatic heterocycles. The molecule has 1 amide bonds. The Morgan fingerprint density at radius 1 is 1.41 bits per heavy atom. The summed E-state index contributed by atoms with van der Waals surface area (Å²) in [6.45, 7) is 3.26. The number of aromatic nitrogens is 2. The average Bonchev–Trinajstić information content (AvgIpc) is 3.45. The normalized spacial score (nSPS) is 24.6. The molecule has 7 heteroatoms. The minimum Gasteiger partial charge on any atom is -0.383 e. The number of fused-ring (bicyclic) bond motifs is 2. The zero-order valence-electron chi connectivity index (χ0n) is 16.4. The molecule has 0 radical (unpaired) electrons. The summed E-state index contributed by atoms with van der Waals surface area (Å²) in [6.07, 6.45) is 5.93. The molecule has 148 valence electrons. The van der Waals surface area contributed by atoms with Crippen molar-refractivity contribution >= 4 is 5.91 Å². The fourth-order valence-electron chi connectivity index (χ4n) is 4.62. The summed E-state index contributed by atoms with van der Waals surface area (Å²) in [6, 6.07) is 0. The van der Waals surface area contributed by atoms with Crippen LogP contribution in [0.1, 0.15) is 55.1 Å². The molecule has 7 nitrogen and oxygen atoms in total. The molecule has 0 bridgehead atoms. The molecule has 1 aromatic rings. The highest BCUT2D eigenvalue weighted by Crippen LogP contribution is 2.45. The van der Waals surface area contributed by atoms with Gasteiger partial charge in [0.25, 0.3) is 5.56 Å². The summed E-state index contributed by atoms with van der Waals surface area (Å²) in [4.78, 5) is 37.3. The van der Waals surface area contributed by atoms with Crippen LogP contribution in [-0.4, -0.2) is 72.6 Å². The predicted molar refractivity (Wildman–Crippen MR) is 102 cm³/mol. The average molecular weight is 374 g/mol. The van der Waals surface area contributed by atoms with E-state index in [4.69, 9.17) is 9.72 Å². The monoisotopic (exact) mass is 374 g/mol. The van der Waals surface area contributed by atoms with Crippen LogP contribution in [0.15, 0.2) is 4.79 Å². The van der Waals surface area contributed by atoms with E-state index in [9.17, 15) is 9.59 Å². The lowest BCUT2D eigenvalue weighted by Crippen LogP contribution is -2.50. The zero-order valence-corrected chi connectivity index (χ0v) is 16.4. The van der Waals surface area contributed by atoms with Crippen LogP contribution in [0.4, 0.5) is 0 Å². The maximum Gasteiger partial charge on any atom is 0.254 e. The lowest BCUT2D eigenvalue weighted by Gasteiger charge is -2.41. The molecule has 1 spiro atoms. The summed E-state index contributed by atoms with van der Waals surface area (Å²) in [7, 11) is 3.62. The van der Waals surface area contributed by atoms with Crippen LogP contribution in [-0.2, 0) is 21.4 Å². The van der Waals surface area contributed by atoms with Crippen molar-refractivity contribution in [3.8, 4) is 0 Å². The number of piperidine rings is 1. The highest BCUT2D eigenvalue weighted by atomic mass is 16.5. The molecule has 27 heavy (non-hydrogen) atoms. The van der Waals surface area contributed by atoms with Gasteiger partial charge in [0, 0.05) is 43.6 Å². The Bertz CT molecular complexity index is 773. The molecule has 2 heterocycles. The molecule has 1 unspecified atom stereocenters. The van der Waals surface area contributed by atoms with Gasteiger partial charge in [0.1, 0.15) is 5.82 Å². The Kier molecular flexibility index (Phi) is 5.07. The third-order valence-electron chi connectivity index (χ3n) is 6.37. The van der Waals surface area contributed by atoms with Gasteiger partial charge < -0.3 is 14.6 Å². The number of likely N-dealkylation sites (tertiary alicyclic amines) is 1. The van der Waals surface area contributed by atoms with Gasteiger partial charge in [-0.15, -0.1) is 0 Å². The smallest absolute Gasteiger partial charge is 0.254 e. The van der Waals surface area contributed by atoms with Gasteiger partial charge in [0.2, 0.25) is 5.91 Å². The van der Waals surface area contributed by atoms with E-state index < -0.39 is 0 Å². The van der Waals surface area contributed by atoms with Crippen LogP contribution in [0.2, 0.25) is 0 Å². The van der Waals surface area contributed by atoms with E-state index in [-0.39, 0.29) is 16.9 Å². The number of carbonyl (C=O) groups excluding carboxylic acids is 1. The number of amides is 1. The second-order valence-electron chi connectivity index (χ2n) is 8.48. The number of nitrogens with one attached hydrogen (secondary N) is 1. The largest absolute Gasteiger partial charge is 0.383 e. The predicted octanol–water partition coefficient (Wildman–Crippen LogP) is 1.03. The van der Waals surface area contributed by atoms with Gasteiger partial charge in [-0.05, 0) is 45.6 Å². The molecule has 1 saturated heterocycles. The molecule has 3 aliphatic rings. The minimum atomic E-state index is -0.133. The molecule has 1 saturated carbocycles. The molecular weight excluding hydrogens is 344 g/mol. The SMILES string of the molecule is COCCN(C)CC(=O)N1CCCC2(CCc3c2nc(C2CC2)[nH]c3=O)C1. The van der Waals surface area contributed by atoms with E-state index in [1.54, 1.807) is 7.11 Å². The number of hydrogen-bond acceptors (Lipinski definition) is 5. The summed E-state index contributed by atoms with van der Waals surface area (Å²) in [5.41, 5.74) is 1.75. The van der Waals surface area contributed by atoms with E-state index in [0.717, 1.165) is 68.7 Å². The van der Waals surface area contributed by atoms with Crippen LogP contribution in [0.3, 0.4) is 0 Å². The van der Waals surface area contributed by atoms with Crippen LogP contribution >= 0.6 is 0 Å². The maximum absolute atomic E-state index is 12.8. The number of rotatable bonds is 6. The van der Waals surface area contributed by atoms with Crippen molar-refractivity contribution in [2.75, 3.05) is 46.9 Å². The highest BCUT2D eigenvalue weighted by Gasteiger charge is 2.46. The molecule has 2 aliphatic carbocycles. The van der Waals surface area contributed by atoms with Crippen LogP contribution in [0.25, 0.3) is 0 Å². The highest BCUT2D eigenvalue weighted by molar-refractivity contribution is 5.78. The first kappa shape index (κ1) is 18.6. The summed E-state index contributed by atoms with van der Waals surface area (Å²) < 4.78 is 5.09. The number of carbonyl (C=O) groups is 1. The summed E-state index contributed by atoms with van der Waals surface area (Å²) >= 11 is 0. The molecule has 0 aromatic carbocycles. The van der Waals surface area contributed by atoms with E-state index in [1.807, 2.05) is 16.8 Å². The lowest BCUT2D eigenvalue weighted by atomic mass is 9.77. The second kappa shape index (κ2) is 7.36. The van der Waals surface area contributed by atoms with Crippen LogP contribution in [0.5, 0.6) is 0 Å². The number of methoxy groups -OCH3 is 1. The molecule has 1 atom stereocenters. The number of nitrogens with zero attached hydrogens (tertiary/aromatic N) is 3. The summed E-state index contributed by atoms with van der Waals surface area (Å²) in [5.74, 6) is 1.45. The van der Waals surface area contributed by atoms with Gasteiger partial charge in [-0.2, -0.15) is 0 Å². The molecular formula is C20H30N4O3. The first-order valence-electron chi connectivity index (χ1n) is 10.1. The molecule has 1 N–H and O–H groups in total. The van der Waals surface area contributed by atoms with Crippen molar-refractivity contribution in [3.05, 3.63) is 27.4 Å². The number of likely N-dealkylation sites (N-methyl/N-ethyl adjacent to an activating group) is 1. The topological polar surface area (TPSA) is 78.5 Å². The Hall–Kier alpha value is -1.73. The lowest BCUT2D eigenvalue weighted by molar-refractivity contribution is -0.134. The van der Waals surface area contributed by atoms with Crippen LogP contribution in [0, 0.1) is 0 Å². The summed E-state index contributed by atoms with van der Waals surface area (Å²) in [5, 5.41) is 0. The van der Waals surface area contributed by atoms with E-state index in [2.05, 4.69) is 4.98 Å². The van der Waals surface area contributed by atoms with Crippen molar-refractivity contribution in [2.45, 2.75) is 49.9 Å². The van der Waals surface area contributed by atoms with Gasteiger partial charge in [0.15, 0.2) is 0 Å². The van der Waals surface area contributed by atoms with Crippen molar-refractivity contribution in [3.63, 3.8) is 0 Å². The van der Waals surface area contributed by atoms with E-state index >= 15 is 0 Å². The molecule has 1 aromatic heterocycles. The number of H-pyrrole nitrogens is 1. The fraction of sp³-hybridized carbons (Fsp3) is 0.750. The third kappa shape index (κ3) is 3.67. The Labute approximate surface area is 160 Å². The number of ether oxygens (including phenoxy) is 1. The van der Waals surface area contributed by atoms with Gasteiger partial charge in [-0.25, -0.2) is 4.98 Å². The zero-order chi connectivity index (χ0) is 19.0. The van der Waals surface area contributed by atoms with E-state index in [0.29, 0.717) is 25.6 Å². The minimum absolute atomic E-state index is 0.0431. The number of aromatic amines is 1.